The molecule has 2 rings (SSSR count). The van der Waals surface area contributed by atoms with Crippen molar-refractivity contribution in [3.63, 3.8) is 0 Å². The lowest BCUT2D eigenvalue weighted by Crippen LogP contribution is -2.32. The second-order valence-electron chi connectivity index (χ2n) is 4.84. The largest absolute Gasteiger partial charge is 0.353 e. The molecule has 1 aromatic rings. The quantitative estimate of drug-likeness (QED) is 0.797. The number of amides is 1. The van der Waals surface area contributed by atoms with E-state index in [1.165, 1.54) is 31.2 Å². The van der Waals surface area contributed by atoms with Gasteiger partial charge in [0.25, 0.3) is 0 Å². The van der Waals surface area contributed by atoms with Gasteiger partial charge >= 0.3 is 0 Å². The van der Waals surface area contributed by atoms with E-state index in [1.807, 2.05) is 17.8 Å². The SMILES string of the molecule is O=C(CCSCc1ccccc1)NC1CCCC1. The summed E-state index contributed by atoms with van der Waals surface area (Å²) < 4.78 is 0. The molecule has 0 bridgehead atoms. The Morgan fingerprint density at radius 1 is 1.22 bits per heavy atom. The van der Waals surface area contributed by atoms with E-state index in [0.29, 0.717) is 12.5 Å². The molecule has 0 heterocycles. The van der Waals surface area contributed by atoms with Crippen LogP contribution in [-0.2, 0) is 10.5 Å². The molecule has 1 N–H and O–H groups in total. The van der Waals surface area contributed by atoms with Gasteiger partial charge in [0.15, 0.2) is 0 Å². The van der Waals surface area contributed by atoms with Crippen LogP contribution in [-0.4, -0.2) is 17.7 Å². The van der Waals surface area contributed by atoms with Gasteiger partial charge in [-0.3, -0.25) is 4.79 Å². The molecular weight excluding hydrogens is 242 g/mol. The second-order valence-corrected chi connectivity index (χ2v) is 5.94. The third-order valence-electron chi connectivity index (χ3n) is 3.31. The van der Waals surface area contributed by atoms with E-state index in [-0.39, 0.29) is 5.91 Å². The minimum Gasteiger partial charge on any atom is -0.353 e. The molecule has 1 amide bonds. The Morgan fingerprint density at radius 3 is 2.67 bits per heavy atom. The number of carbonyl (C=O) groups is 1. The van der Waals surface area contributed by atoms with Gasteiger partial charge in [-0.05, 0) is 18.4 Å². The van der Waals surface area contributed by atoms with Crippen LogP contribution in [0, 0.1) is 0 Å². The molecule has 0 aromatic heterocycles. The summed E-state index contributed by atoms with van der Waals surface area (Å²) in [7, 11) is 0. The van der Waals surface area contributed by atoms with Gasteiger partial charge in [-0.25, -0.2) is 0 Å². The highest BCUT2D eigenvalue weighted by Crippen LogP contribution is 2.18. The molecule has 0 aliphatic heterocycles. The molecule has 0 unspecified atom stereocenters. The normalized spacial score (nSPS) is 15.8. The number of benzene rings is 1. The van der Waals surface area contributed by atoms with Crippen LogP contribution in [0.15, 0.2) is 30.3 Å². The molecule has 1 saturated carbocycles. The van der Waals surface area contributed by atoms with E-state index in [9.17, 15) is 4.79 Å². The molecule has 98 valence electrons. The van der Waals surface area contributed by atoms with Crippen molar-refractivity contribution in [3.8, 4) is 0 Å². The van der Waals surface area contributed by atoms with Gasteiger partial charge in [0.1, 0.15) is 0 Å². The third kappa shape index (κ3) is 4.73. The highest BCUT2D eigenvalue weighted by molar-refractivity contribution is 7.98. The monoisotopic (exact) mass is 263 g/mol. The fourth-order valence-corrected chi connectivity index (χ4v) is 3.20. The van der Waals surface area contributed by atoms with E-state index in [4.69, 9.17) is 0 Å². The molecule has 0 spiro atoms. The predicted octanol–water partition coefficient (Wildman–Crippen LogP) is 3.37. The van der Waals surface area contributed by atoms with Gasteiger partial charge in [-0.2, -0.15) is 11.8 Å². The molecule has 1 fully saturated rings. The van der Waals surface area contributed by atoms with Crippen LogP contribution in [0.3, 0.4) is 0 Å². The molecule has 18 heavy (non-hydrogen) atoms. The lowest BCUT2D eigenvalue weighted by molar-refractivity contribution is -0.121. The maximum atomic E-state index is 11.7. The van der Waals surface area contributed by atoms with Crippen LogP contribution < -0.4 is 5.32 Å². The lowest BCUT2D eigenvalue weighted by atomic mass is 10.2. The third-order valence-corrected chi connectivity index (χ3v) is 4.34. The Kier molecular flexibility index (Phi) is 5.59. The van der Waals surface area contributed by atoms with Crippen LogP contribution in [0.5, 0.6) is 0 Å². The average molecular weight is 263 g/mol. The van der Waals surface area contributed by atoms with Crippen molar-refractivity contribution in [2.45, 2.75) is 43.9 Å². The first-order valence-electron chi connectivity index (χ1n) is 6.75. The molecule has 1 aromatic carbocycles. The van der Waals surface area contributed by atoms with Gasteiger partial charge in [0, 0.05) is 24.0 Å². The summed E-state index contributed by atoms with van der Waals surface area (Å²) in [6.45, 7) is 0. The number of hydrogen-bond donors (Lipinski definition) is 1. The second kappa shape index (κ2) is 7.47. The first kappa shape index (κ1) is 13.5. The summed E-state index contributed by atoms with van der Waals surface area (Å²) in [5.41, 5.74) is 1.33. The van der Waals surface area contributed by atoms with Crippen molar-refractivity contribution in [2.24, 2.45) is 0 Å². The Labute approximate surface area is 114 Å². The zero-order chi connectivity index (χ0) is 12.6. The standard InChI is InChI=1S/C15H21NOS/c17-15(16-14-8-4-5-9-14)10-11-18-12-13-6-2-1-3-7-13/h1-3,6-7,14H,4-5,8-12H2,(H,16,17). The molecule has 3 heteroatoms. The molecule has 1 aliphatic rings. The van der Waals surface area contributed by atoms with E-state index in [1.54, 1.807) is 0 Å². The first-order valence-corrected chi connectivity index (χ1v) is 7.91. The van der Waals surface area contributed by atoms with Crippen LogP contribution in [0.2, 0.25) is 0 Å². The Balaban J connectivity index is 1.56. The topological polar surface area (TPSA) is 29.1 Å². The minimum atomic E-state index is 0.225. The first-order chi connectivity index (χ1) is 8.84. The van der Waals surface area contributed by atoms with Crippen molar-refractivity contribution in [1.29, 1.82) is 0 Å². The number of thioether (sulfide) groups is 1. The zero-order valence-electron chi connectivity index (χ0n) is 10.7. The van der Waals surface area contributed by atoms with E-state index < -0.39 is 0 Å². The molecule has 0 radical (unpaired) electrons. The molecular formula is C15H21NOS. The van der Waals surface area contributed by atoms with E-state index in [0.717, 1.165) is 11.5 Å². The van der Waals surface area contributed by atoms with E-state index >= 15 is 0 Å². The Hall–Kier alpha value is -0.960. The maximum absolute atomic E-state index is 11.7. The van der Waals surface area contributed by atoms with Gasteiger partial charge in [-0.15, -0.1) is 0 Å². The molecule has 0 atom stereocenters. The van der Waals surface area contributed by atoms with Crippen LogP contribution in [0.1, 0.15) is 37.7 Å². The fourth-order valence-electron chi connectivity index (χ4n) is 2.30. The summed E-state index contributed by atoms with van der Waals surface area (Å²) in [5, 5.41) is 3.13. The Morgan fingerprint density at radius 2 is 1.94 bits per heavy atom. The highest BCUT2D eigenvalue weighted by Gasteiger charge is 2.16. The summed E-state index contributed by atoms with van der Waals surface area (Å²) in [6, 6.07) is 10.9. The van der Waals surface area contributed by atoms with Gasteiger partial charge in [0.2, 0.25) is 5.91 Å². The van der Waals surface area contributed by atoms with Crippen LogP contribution in [0.25, 0.3) is 0 Å². The number of rotatable bonds is 6. The molecule has 2 nitrogen and oxygen atoms in total. The average Bonchev–Trinajstić information content (AvgIpc) is 2.89. The molecule has 0 saturated heterocycles. The van der Waals surface area contributed by atoms with Crippen molar-refractivity contribution >= 4 is 17.7 Å². The lowest BCUT2D eigenvalue weighted by Gasteiger charge is -2.11. The van der Waals surface area contributed by atoms with Crippen LogP contribution in [0.4, 0.5) is 0 Å². The minimum absolute atomic E-state index is 0.225. The van der Waals surface area contributed by atoms with Gasteiger partial charge < -0.3 is 5.32 Å². The molecule has 1 aliphatic carbocycles. The maximum Gasteiger partial charge on any atom is 0.221 e. The van der Waals surface area contributed by atoms with Crippen molar-refractivity contribution in [2.75, 3.05) is 5.75 Å². The smallest absolute Gasteiger partial charge is 0.221 e. The van der Waals surface area contributed by atoms with Crippen LogP contribution >= 0.6 is 11.8 Å². The van der Waals surface area contributed by atoms with E-state index in [2.05, 4.69) is 29.6 Å². The summed E-state index contributed by atoms with van der Waals surface area (Å²) in [4.78, 5) is 11.7. The fraction of sp³-hybridized carbons (Fsp3) is 0.533. The number of carbonyl (C=O) groups excluding carboxylic acids is 1. The Bertz CT molecular complexity index is 360. The summed E-state index contributed by atoms with van der Waals surface area (Å²) in [6.07, 6.45) is 5.53. The highest BCUT2D eigenvalue weighted by atomic mass is 32.2. The van der Waals surface area contributed by atoms with Gasteiger partial charge in [0.05, 0.1) is 0 Å². The van der Waals surface area contributed by atoms with Crippen molar-refractivity contribution in [1.82, 2.24) is 5.32 Å². The predicted molar refractivity (Wildman–Crippen MR) is 77.6 cm³/mol. The van der Waals surface area contributed by atoms with Crippen molar-refractivity contribution < 1.29 is 4.79 Å². The summed E-state index contributed by atoms with van der Waals surface area (Å²) in [5.74, 6) is 2.13. The zero-order valence-corrected chi connectivity index (χ0v) is 11.5. The number of hydrogen-bond acceptors (Lipinski definition) is 2. The van der Waals surface area contributed by atoms with Gasteiger partial charge in [-0.1, -0.05) is 43.2 Å². The number of nitrogens with one attached hydrogen (secondary N) is 1. The summed E-state index contributed by atoms with van der Waals surface area (Å²) >= 11 is 1.83. The van der Waals surface area contributed by atoms with Crippen molar-refractivity contribution in [3.05, 3.63) is 35.9 Å².